The normalized spacial score (nSPS) is 14.1. The first-order chi connectivity index (χ1) is 5.09. The van der Waals surface area contributed by atoms with E-state index in [2.05, 4.69) is 13.2 Å². The molecule has 0 aromatic carbocycles. The lowest BCUT2D eigenvalue weighted by molar-refractivity contribution is -0.139. The zero-order valence-electron chi connectivity index (χ0n) is 7.21. The number of carboxylic acid groups (broad SMARTS) is 1. The van der Waals surface area contributed by atoms with Gasteiger partial charge in [0.1, 0.15) is 6.04 Å². The Morgan fingerprint density at radius 1 is 1.64 bits per heavy atom. The van der Waals surface area contributed by atoms with Crippen molar-refractivity contribution in [2.24, 2.45) is 11.7 Å². The van der Waals surface area contributed by atoms with Gasteiger partial charge in [0, 0.05) is 0 Å². The molecule has 3 N–H and O–H groups in total. The van der Waals surface area contributed by atoms with E-state index in [4.69, 9.17) is 10.8 Å². The van der Waals surface area contributed by atoms with Crippen LogP contribution >= 0.6 is 0 Å². The average molecular weight is 159 g/mol. The van der Waals surface area contributed by atoms with Gasteiger partial charge in [0.2, 0.25) is 0 Å². The van der Waals surface area contributed by atoms with Gasteiger partial charge in [-0.2, -0.15) is 0 Å². The molecule has 3 heteroatoms. The summed E-state index contributed by atoms with van der Waals surface area (Å²) in [4.78, 5) is 10.2. The smallest absolute Gasteiger partial charge is 0.320 e. The van der Waals surface area contributed by atoms with Gasteiger partial charge in [-0.05, 0) is 5.92 Å². The SMILES string of the molecule is C=C.CCC(C)C(N)C(=O)O. The molecule has 0 bridgehead atoms. The molecule has 0 aromatic rings. The Kier molecular flexibility index (Phi) is 8.48. The zero-order valence-corrected chi connectivity index (χ0v) is 7.21. The summed E-state index contributed by atoms with van der Waals surface area (Å²) in [5.74, 6) is -0.841. The van der Waals surface area contributed by atoms with Crippen LogP contribution < -0.4 is 5.73 Å². The quantitative estimate of drug-likeness (QED) is 0.609. The molecule has 0 fully saturated rings. The predicted molar refractivity (Wildman–Crippen MR) is 46.3 cm³/mol. The Morgan fingerprint density at radius 3 is 2.09 bits per heavy atom. The molecule has 0 aliphatic carbocycles. The molecule has 0 saturated heterocycles. The van der Waals surface area contributed by atoms with Gasteiger partial charge in [0.15, 0.2) is 0 Å². The number of aliphatic carboxylic acids is 1. The summed E-state index contributed by atoms with van der Waals surface area (Å²) >= 11 is 0. The number of hydrogen-bond donors (Lipinski definition) is 2. The molecule has 0 aliphatic rings. The molecule has 0 saturated carbocycles. The highest BCUT2D eigenvalue weighted by atomic mass is 16.4. The molecule has 66 valence electrons. The molecular weight excluding hydrogens is 142 g/mol. The van der Waals surface area contributed by atoms with Crippen molar-refractivity contribution in [2.75, 3.05) is 0 Å². The van der Waals surface area contributed by atoms with Crippen molar-refractivity contribution < 1.29 is 9.90 Å². The first-order valence-corrected chi connectivity index (χ1v) is 3.58. The highest BCUT2D eigenvalue weighted by Crippen LogP contribution is 2.04. The van der Waals surface area contributed by atoms with Gasteiger partial charge < -0.3 is 10.8 Å². The van der Waals surface area contributed by atoms with Crippen LogP contribution in [0.25, 0.3) is 0 Å². The molecule has 0 aliphatic heterocycles. The average Bonchev–Trinajstić information content (AvgIpc) is 2.05. The molecular formula is C8H17NO2. The topological polar surface area (TPSA) is 63.3 Å². The molecule has 2 unspecified atom stereocenters. The highest BCUT2D eigenvalue weighted by Gasteiger charge is 2.17. The van der Waals surface area contributed by atoms with E-state index in [9.17, 15) is 4.79 Å². The number of nitrogens with two attached hydrogens (primary N) is 1. The number of rotatable bonds is 3. The summed E-state index contributed by atoms with van der Waals surface area (Å²) in [6.07, 6.45) is 0.813. The third-order valence-electron chi connectivity index (χ3n) is 1.54. The largest absolute Gasteiger partial charge is 0.480 e. The summed E-state index contributed by atoms with van der Waals surface area (Å²) in [5.41, 5.74) is 5.27. The van der Waals surface area contributed by atoms with Crippen molar-refractivity contribution in [1.82, 2.24) is 0 Å². The fourth-order valence-electron chi connectivity index (χ4n) is 0.497. The third-order valence-corrected chi connectivity index (χ3v) is 1.54. The Labute approximate surface area is 67.9 Å². The van der Waals surface area contributed by atoms with E-state index in [0.29, 0.717) is 0 Å². The summed E-state index contributed by atoms with van der Waals surface area (Å²) in [7, 11) is 0. The fourth-order valence-corrected chi connectivity index (χ4v) is 0.497. The minimum absolute atomic E-state index is 0.0718. The van der Waals surface area contributed by atoms with Gasteiger partial charge in [0.05, 0.1) is 0 Å². The second-order valence-electron chi connectivity index (χ2n) is 2.25. The predicted octanol–water partition coefficient (Wildman–Crippen LogP) is 1.25. The summed E-state index contributed by atoms with van der Waals surface area (Å²) in [5, 5.41) is 8.36. The van der Waals surface area contributed by atoms with E-state index < -0.39 is 12.0 Å². The van der Waals surface area contributed by atoms with Crippen molar-refractivity contribution in [1.29, 1.82) is 0 Å². The molecule has 11 heavy (non-hydrogen) atoms. The van der Waals surface area contributed by atoms with Gasteiger partial charge in [-0.15, -0.1) is 13.2 Å². The van der Waals surface area contributed by atoms with Crippen molar-refractivity contribution in [3.63, 3.8) is 0 Å². The van der Waals surface area contributed by atoms with Gasteiger partial charge in [-0.3, -0.25) is 4.79 Å². The second kappa shape index (κ2) is 7.28. The standard InChI is InChI=1S/C6H13NO2.C2H4/c1-3-4(2)5(7)6(8)9;1-2/h4-5H,3,7H2,1-2H3,(H,8,9);1-2H2. The lowest BCUT2D eigenvalue weighted by Crippen LogP contribution is -2.36. The first-order valence-electron chi connectivity index (χ1n) is 3.58. The van der Waals surface area contributed by atoms with Crippen molar-refractivity contribution >= 4 is 5.97 Å². The van der Waals surface area contributed by atoms with Gasteiger partial charge in [-0.25, -0.2) is 0 Å². The monoisotopic (exact) mass is 159 g/mol. The Balaban J connectivity index is 0. The van der Waals surface area contributed by atoms with Crippen LogP contribution in [0.5, 0.6) is 0 Å². The lowest BCUT2D eigenvalue weighted by atomic mass is 10.0. The van der Waals surface area contributed by atoms with Crippen LogP contribution in [0.2, 0.25) is 0 Å². The van der Waals surface area contributed by atoms with Gasteiger partial charge in [-0.1, -0.05) is 20.3 Å². The van der Waals surface area contributed by atoms with E-state index in [0.717, 1.165) is 6.42 Å². The minimum atomic E-state index is -0.913. The number of hydrogen-bond acceptors (Lipinski definition) is 2. The molecule has 2 atom stereocenters. The van der Waals surface area contributed by atoms with Gasteiger partial charge in [0.25, 0.3) is 0 Å². The maximum atomic E-state index is 10.2. The Bertz CT molecular complexity index is 115. The van der Waals surface area contributed by atoms with Crippen LogP contribution in [-0.2, 0) is 4.79 Å². The van der Waals surface area contributed by atoms with E-state index >= 15 is 0 Å². The minimum Gasteiger partial charge on any atom is -0.480 e. The van der Waals surface area contributed by atoms with Crippen molar-refractivity contribution in [2.45, 2.75) is 26.3 Å². The molecule has 0 rings (SSSR count). The summed E-state index contributed by atoms with van der Waals surface area (Å²) < 4.78 is 0. The Hall–Kier alpha value is -0.830. The summed E-state index contributed by atoms with van der Waals surface area (Å²) in [6.45, 7) is 9.76. The van der Waals surface area contributed by atoms with E-state index in [1.807, 2.05) is 13.8 Å². The Morgan fingerprint density at radius 2 is 2.00 bits per heavy atom. The maximum absolute atomic E-state index is 10.2. The third kappa shape index (κ3) is 5.61. The van der Waals surface area contributed by atoms with Crippen LogP contribution in [0, 0.1) is 5.92 Å². The molecule has 3 nitrogen and oxygen atoms in total. The number of carbonyl (C=O) groups is 1. The van der Waals surface area contributed by atoms with E-state index in [-0.39, 0.29) is 5.92 Å². The second-order valence-corrected chi connectivity index (χ2v) is 2.25. The fraction of sp³-hybridized carbons (Fsp3) is 0.625. The summed E-state index contributed by atoms with van der Waals surface area (Å²) in [6, 6.07) is -0.699. The lowest BCUT2D eigenvalue weighted by Gasteiger charge is -2.11. The molecule has 0 radical (unpaired) electrons. The first kappa shape index (κ1) is 12.8. The van der Waals surface area contributed by atoms with Crippen LogP contribution in [0.1, 0.15) is 20.3 Å². The van der Waals surface area contributed by atoms with Crippen molar-refractivity contribution in [3.8, 4) is 0 Å². The van der Waals surface area contributed by atoms with E-state index in [1.54, 1.807) is 0 Å². The van der Waals surface area contributed by atoms with Gasteiger partial charge >= 0.3 is 5.97 Å². The highest BCUT2D eigenvalue weighted by molar-refractivity contribution is 5.73. The molecule has 0 heterocycles. The van der Waals surface area contributed by atoms with Crippen LogP contribution in [0.4, 0.5) is 0 Å². The van der Waals surface area contributed by atoms with Crippen LogP contribution in [0.15, 0.2) is 13.2 Å². The molecule has 0 spiro atoms. The molecule has 0 aromatic heterocycles. The zero-order chi connectivity index (χ0) is 9.44. The van der Waals surface area contributed by atoms with Crippen LogP contribution in [0.3, 0.4) is 0 Å². The number of carboxylic acids is 1. The van der Waals surface area contributed by atoms with Crippen molar-refractivity contribution in [3.05, 3.63) is 13.2 Å². The molecule has 0 amide bonds. The maximum Gasteiger partial charge on any atom is 0.320 e. The van der Waals surface area contributed by atoms with Crippen LogP contribution in [-0.4, -0.2) is 17.1 Å². The van der Waals surface area contributed by atoms with E-state index in [1.165, 1.54) is 0 Å².